The zero-order valence-corrected chi connectivity index (χ0v) is 20.0. The Bertz CT molecular complexity index is 362. The van der Waals surface area contributed by atoms with Gasteiger partial charge in [-0.3, -0.25) is 4.79 Å². The summed E-state index contributed by atoms with van der Waals surface area (Å²) in [6.07, 6.45) is 27.0. The summed E-state index contributed by atoms with van der Waals surface area (Å²) in [6, 6.07) is 0. The first-order valence-corrected chi connectivity index (χ1v) is 13.3. The highest BCUT2D eigenvalue weighted by Crippen LogP contribution is 2.23. The summed E-state index contributed by atoms with van der Waals surface area (Å²) in [5, 5.41) is 0.435. The molecule has 2 radical (unpaired) electrons. The van der Waals surface area contributed by atoms with Gasteiger partial charge in [0.15, 0.2) is 0 Å². The minimum atomic E-state index is 0.0249. The third-order valence-corrected chi connectivity index (χ3v) is 6.75. The number of rotatable bonds is 17. The van der Waals surface area contributed by atoms with Crippen molar-refractivity contribution in [3.63, 3.8) is 0 Å². The van der Waals surface area contributed by atoms with Crippen molar-refractivity contribution in [1.29, 1.82) is 0 Å². The van der Waals surface area contributed by atoms with E-state index in [0.717, 1.165) is 51.4 Å². The third-order valence-electron chi connectivity index (χ3n) is 6.28. The van der Waals surface area contributed by atoms with E-state index in [1.807, 2.05) is 0 Å². The SMILES string of the molecule is [CH2]CCCCCCCCCCCCCCCCC(=O)OC1CCCC([S])CCC1. The van der Waals surface area contributed by atoms with Crippen LogP contribution in [0.5, 0.6) is 0 Å². The van der Waals surface area contributed by atoms with Gasteiger partial charge >= 0.3 is 5.97 Å². The maximum atomic E-state index is 12.1. The van der Waals surface area contributed by atoms with E-state index >= 15 is 0 Å². The van der Waals surface area contributed by atoms with Gasteiger partial charge < -0.3 is 4.74 Å². The van der Waals surface area contributed by atoms with Crippen molar-refractivity contribution in [2.24, 2.45) is 0 Å². The molecule has 0 aromatic carbocycles. The molecule has 29 heavy (non-hydrogen) atoms. The van der Waals surface area contributed by atoms with E-state index in [1.165, 1.54) is 83.5 Å². The fourth-order valence-corrected chi connectivity index (χ4v) is 4.70. The number of unbranched alkanes of at least 4 members (excludes halogenated alkanes) is 14. The van der Waals surface area contributed by atoms with Gasteiger partial charge in [0.1, 0.15) is 6.10 Å². The number of carbonyl (C=O) groups excluding carboxylic acids is 1. The predicted molar refractivity (Wildman–Crippen MR) is 128 cm³/mol. The molecule has 0 aliphatic heterocycles. The Kier molecular flexibility index (Phi) is 18.3. The second-order valence-corrected chi connectivity index (χ2v) is 9.82. The lowest BCUT2D eigenvalue weighted by molar-refractivity contribution is -0.150. The van der Waals surface area contributed by atoms with E-state index in [9.17, 15) is 4.79 Å². The van der Waals surface area contributed by atoms with Crippen LogP contribution in [0.1, 0.15) is 141 Å². The Balaban J connectivity index is 1.81. The van der Waals surface area contributed by atoms with E-state index in [0.29, 0.717) is 11.7 Å². The van der Waals surface area contributed by atoms with Crippen molar-refractivity contribution in [3.8, 4) is 0 Å². The standard InChI is InChI=1S/C26H48O2S/c1-2-3-4-5-6-7-8-9-10-11-12-13-14-15-16-23-26(27)28-24-19-17-21-25(29)22-18-20-24/h24-25H,1-23H2. The lowest BCUT2D eigenvalue weighted by Gasteiger charge is -2.22. The molecule has 1 fully saturated rings. The average molecular weight is 425 g/mol. The molecule has 0 saturated heterocycles. The molecule has 0 aromatic rings. The summed E-state index contributed by atoms with van der Waals surface area (Å²) in [5.41, 5.74) is 0. The number of carbonyl (C=O) groups is 1. The topological polar surface area (TPSA) is 26.3 Å². The molecule has 0 amide bonds. The minimum absolute atomic E-state index is 0.0249. The first kappa shape index (κ1) is 26.9. The van der Waals surface area contributed by atoms with Gasteiger partial charge in [-0.15, -0.1) is 0 Å². The van der Waals surface area contributed by atoms with Gasteiger partial charge in [-0.2, -0.15) is 0 Å². The van der Waals surface area contributed by atoms with Crippen LogP contribution in [0.3, 0.4) is 0 Å². The van der Waals surface area contributed by atoms with Crippen LogP contribution in [0.25, 0.3) is 0 Å². The molecule has 1 aliphatic rings. The molecule has 2 nitrogen and oxygen atoms in total. The highest BCUT2D eigenvalue weighted by Gasteiger charge is 2.18. The summed E-state index contributed by atoms with van der Waals surface area (Å²) in [5.74, 6) is 0.0249. The summed E-state index contributed by atoms with van der Waals surface area (Å²) in [6.45, 7) is 3.90. The van der Waals surface area contributed by atoms with Crippen molar-refractivity contribution < 1.29 is 9.53 Å². The van der Waals surface area contributed by atoms with E-state index in [-0.39, 0.29) is 12.1 Å². The molecule has 1 aliphatic carbocycles. The average Bonchev–Trinajstić information content (AvgIpc) is 2.69. The van der Waals surface area contributed by atoms with Crippen molar-refractivity contribution in [1.82, 2.24) is 0 Å². The van der Waals surface area contributed by atoms with Crippen molar-refractivity contribution in [2.45, 2.75) is 153 Å². The molecular formula is C26H48O2S. The Labute approximate surface area is 187 Å². The lowest BCUT2D eigenvalue weighted by atomic mass is 9.98. The summed E-state index contributed by atoms with van der Waals surface area (Å²) in [7, 11) is 0. The van der Waals surface area contributed by atoms with Gasteiger partial charge in [0.25, 0.3) is 0 Å². The summed E-state index contributed by atoms with van der Waals surface area (Å²) < 4.78 is 5.71. The predicted octanol–water partition coefficient (Wildman–Crippen LogP) is 8.89. The summed E-state index contributed by atoms with van der Waals surface area (Å²) >= 11 is 5.40. The number of esters is 1. The van der Waals surface area contributed by atoms with Gasteiger partial charge in [-0.1, -0.05) is 109 Å². The Morgan fingerprint density at radius 1 is 0.690 bits per heavy atom. The van der Waals surface area contributed by atoms with Crippen LogP contribution in [-0.4, -0.2) is 17.3 Å². The Hall–Kier alpha value is -0.180. The molecule has 170 valence electrons. The maximum absolute atomic E-state index is 12.1. The molecule has 0 N–H and O–H groups in total. The lowest BCUT2D eigenvalue weighted by Crippen LogP contribution is -2.20. The van der Waals surface area contributed by atoms with E-state index in [1.54, 1.807) is 0 Å². The molecule has 1 rings (SSSR count). The fourth-order valence-electron chi connectivity index (χ4n) is 4.37. The minimum Gasteiger partial charge on any atom is -0.462 e. The third kappa shape index (κ3) is 17.2. The van der Waals surface area contributed by atoms with Crippen molar-refractivity contribution in [3.05, 3.63) is 6.92 Å². The largest absolute Gasteiger partial charge is 0.462 e. The van der Waals surface area contributed by atoms with Gasteiger partial charge in [0, 0.05) is 11.7 Å². The van der Waals surface area contributed by atoms with Crippen LogP contribution in [-0.2, 0) is 9.53 Å². The van der Waals surface area contributed by atoms with Crippen molar-refractivity contribution >= 4 is 18.6 Å². The number of hydrogen-bond acceptors (Lipinski definition) is 2. The Morgan fingerprint density at radius 2 is 1.10 bits per heavy atom. The van der Waals surface area contributed by atoms with Crippen molar-refractivity contribution in [2.75, 3.05) is 0 Å². The zero-order chi connectivity index (χ0) is 21.0. The molecule has 0 unspecified atom stereocenters. The summed E-state index contributed by atoms with van der Waals surface area (Å²) in [4.78, 5) is 12.1. The van der Waals surface area contributed by atoms with Gasteiger partial charge in [-0.25, -0.2) is 0 Å². The number of ether oxygens (including phenoxy) is 1. The van der Waals surface area contributed by atoms with Crippen LogP contribution >= 0.6 is 12.6 Å². The monoisotopic (exact) mass is 424 g/mol. The second kappa shape index (κ2) is 19.8. The van der Waals surface area contributed by atoms with E-state index < -0.39 is 0 Å². The molecule has 0 atom stereocenters. The molecule has 0 spiro atoms. The molecule has 0 heterocycles. The first-order valence-electron chi connectivity index (χ1n) is 12.9. The normalized spacial score (nSPS) is 20.2. The van der Waals surface area contributed by atoms with Gasteiger partial charge in [0.2, 0.25) is 0 Å². The van der Waals surface area contributed by atoms with Gasteiger partial charge in [-0.05, 0) is 44.9 Å². The van der Waals surface area contributed by atoms with Crippen LogP contribution < -0.4 is 0 Å². The smallest absolute Gasteiger partial charge is 0.306 e. The number of hydrogen-bond donors (Lipinski definition) is 0. The molecular weight excluding hydrogens is 376 g/mol. The zero-order valence-electron chi connectivity index (χ0n) is 19.1. The van der Waals surface area contributed by atoms with Crippen LogP contribution in [0.4, 0.5) is 0 Å². The quantitative estimate of drug-likeness (QED) is 0.172. The highest BCUT2D eigenvalue weighted by molar-refractivity contribution is 7.80. The fraction of sp³-hybridized carbons (Fsp3) is 0.923. The molecule has 0 bridgehead atoms. The molecule has 1 saturated carbocycles. The van der Waals surface area contributed by atoms with Gasteiger partial charge in [0.05, 0.1) is 0 Å². The van der Waals surface area contributed by atoms with Crippen LogP contribution in [0.2, 0.25) is 0 Å². The molecule has 3 heteroatoms. The first-order chi connectivity index (χ1) is 14.2. The molecule has 0 aromatic heterocycles. The van der Waals surface area contributed by atoms with Crippen LogP contribution in [0, 0.1) is 6.92 Å². The highest BCUT2D eigenvalue weighted by atomic mass is 32.1. The van der Waals surface area contributed by atoms with E-state index in [2.05, 4.69) is 6.92 Å². The maximum Gasteiger partial charge on any atom is 0.306 e. The second-order valence-electron chi connectivity index (χ2n) is 9.15. The Morgan fingerprint density at radius 3 is 1.55 bits per heavy atom. The van der Waals surface area contributed by atoms with E-state index in [4.69, 9.17) is 17.4 Å². The van der Waals surface area contributed by atoms with Crippen LogP contribution in [0.15, 0.2) is 0 Å².